The first-order valence-electron chi connectivity index (χ1n) is 6.17. The fourth-order valence-corrected chi connectivity index (χ4v) is 2.59. The average molecular weight is 248 g/mol. The summed E-state index contributed by atoms with van der Waals surface area (Å²) in [5.41, 5.74) is 1.19. The van der Waals surface area contributed by atoms with E-state index in [0.717, 1.165) is 31.5 Å². The smallest absolute Gasteiger partial charge is 0.270 e. The normalized spacial score (nSPS) is 18.9. The van der Waals surface area contributed by atoms with E-state index >= 15 is 0 Å². The van der Waals surface area contributed by atoms with Crippen LogP contribution in [0.3, 0.4) is 0 Å². The van der Waals surface area contributed by atoms with Crippen molar-refractivity contribution in [3.63, 3.8) is 0 Å². The predicted octanol–water partition coefficient (Wildman–Crippen LogP) is 2.79. The van der Waals surface area contributed by atoms with Gasteiger partial charge in [-0.1, -0.05) is 6.92 Å². The lowest BCUT2D eigenvalue weighted by molar-refractivity contribution is -0.384. The van der Waals surface area contributed by atoms with E-state index in [9.17, 15) is 14.9 Å². The summed E-state index contributed by atoms with van der Waals surface area (Å²) in [4.78, 5) is 23.5. The zero-order valence-electron chi connectivity index (χ0n) is 10.3. The Morgan fingerprint density at radius 2 is 2.33 bits per heavy atom. The summed E-state index contributed by atoms with van der Waals surface area (Å²) in [6.07, 6.45) is 3.95. The second-order valence-corrected chi connectivity index (χ2v) is 4.52. The molecule has 0 spiro atoms. The maximum atomic E-state index is 11.1. The van der Waals surface area contributed by atoms with E-state index in [4.69, 9.17) is 0 Å². The second kappa shape index (κ2) is 5.16. The number of non-ortho nitro benzene ring substituents is 1. The first kappa shape index (κ1) is 12.5. The molecular weight excluding hydrogens is 232 g/mol. The van der Waals surface area contributed by atoms with Crippen LogP contribution in [0.15, 0.2) is 18.2 Å². The predicted molar refractivity (Wildman–Crippen MR) is 69.1 cm³/mol. The highest BCUT2D eigenvalue weighted by molar-refractivity contribution is 5.86. The second-order valence-electron chi connectivity index (χ2n) is 4.52. The summed E-state index contributed by atoms with van der Waals surface area (Å²) in [7, 11) is 0. The van der Waals surface area contributed by atoms with Crippen molar-refractivity contribution in [3.05, 3.63) is 33.9 Å². The number of aldehydes is 1. The van der Waals surface area contributed by atoms with Gasteiger partial charge in [-0.25, -0.2) is 0 Å². The van der Waals surface area contributed by atoms with Gasteiger partial charge in [-0.3, -0.25) is 14.9 Å². The molecule has 5 heteroatoms. The van der Waals surface area contributed by atoms with Crippen molar-refractivity contribution < 1.29 is 9.72 Å². The van der Waals surface area contributed by atoms with Crippen molar-refractivity contribution >= 4 is 17.7 Å². The molecular formula is C13H16N2O3. The Balaban J connectivity index is 2.38. The number of nitro groups is 1. The molecule has 1 aliphatic heterocycles. The average Bonchev–Trinajstić information content (AvgIpc) is 2.85. The van der Waals surface area contributed by atoms with E-state index in [0.29, 0.717) is 17.9 Å². The Labute approximate surface area is 106 Å². The number of carbonyl (C=O) groups is 1. The van der Waals surface area contributed by atoms with Crippen molar-refractivity contribution in [2.24, 2.45) is 0 Å². The molecule has 1 aromatic carbocycles. The van der Waals surface area contributed by atoms with Gasteiger partial charge in [0.15, 0.2) is 6.29 Å². The van der Waals surface area contributed by atoms with E-state index in [1.54, 1.807) is 6.07 Å². The Morgan fingerprint density at radius 3 is 2.94 bits per heavy atom. The molecule has 2 rings (SSSR count). The van der Waals surface area contributed by atoms with Crippen LogP contribution in [0.5, 0.6) is 0 Å². The van der Waals surface area contributed by atoms with Gasteiger partial charge >= 0.3 is 0 Å². The molecule has 0 saturated carbocycles. The third-order valence-electron chi connectivity index (χ3n) is 3.51. The lowest BCUT2D eigenvalue weighted by atomic mass is 10.1. The topological polar surface area (TPSA) is 63.4 Å². The van der Waals surface area contributed by atoms with Crippen molar-refractivity contribution in [2.75, 3.05) is 11.4 Å². The molecule has 1 atom stereocenters. The third kappa shape index (κ3) is 2.20. The quantitative estimate of drug-likeness (QED) is 0.467. The van der Waals surface area contributed by atoms with Crippen LogP contribution < -0.4 is 4.90 Å². The highest BCUT2D eigenvalue weighted by atomic mass is 16.6. The van der Waals surface area contributed by atoms with Crippen LogP contribution >= 0.6 is 0 Å². The Kier molecular flexibility index (Phi) is 3.60. The molecule has 0 radical (unpaired) electrons. The van der Waals surface area contributed by atoms with E-state index < -0.39 is 4.92 Å². The SMILES string of the molecule is CCC1CCCN1c1ccc([N+](=O)[O-])cc1C=O. The minimum Gasteiger partial charge on any atom is -0.368 e. The first-order valence-corrected chi connectivity index (χ1v) is 6.17. The molecule has 18 heavy (non-hydrogen) atoms. The van der Waals surface area contributed by atoms with E-state index in [-0.39, 0.29) is 5.69 Å². The van der Waals surface area contributed by atoms with Gasteiger partial charge in [-0.05, 0) is 25.3 Å². The number of anilines is 1. The van der Waals surface area contributed by atoms with Crippen molar-refractivity contribution in [3.8, 4) is 0 Å². The highest BCUT2D eigenvalue weighted by Gasteiger charge is 2.25. The monoisotopic (exact) mass is 248 g/mol. The summed E-state index contributed by atoms with van der Waals surface area (Å²) in [5.74, 6) is 0. The summed E-state index contributed by atoms with van der Waals surface area (Å²) in [5, 5.41) is 10.7. The van der Waals surface area contributed by atoms with Crippen LogP contribution in [0.4, 0.5) is 11.4 Å². The van der Waals surface area contributed by atoms with Gasteiger partial charge in [0.2, 0.25) is 0 Å². The van der Waals surface area contributed by atoms with Crippen LogP contribution in [0.25, 0.3) is 0 Å². The lowest BCUT2D eigenvalue weighted by Crippen LogP contribution is -2.29. The minimum atomic E-state index is -0.474. The maximum Gasteiger partial charge on any atom is 0.270 e. The van der Waals surface area contributed by atoms with Crippen LogP contribution in [0.1, 0.15) is 36.5 Å². The van der Waals surface area contributed by atoms with E-state index in [1.807, 2.05) is 0 Å². The summed E-state index contributed by atoms with van der Waals surface area (Å²) in [6, 6.07) is 4.95. The van der Waals surface area contributed by atoms with Crippen LogP contribution in [-0.4, -0.2) is 23.8 Å². The molecule has 1 unspecified atom stereocenters. The fraction of sp³-hybridized carbons (Fsp3) is 0.462. The zero-order valence-corrected chi connectivity index (χ0v) is 10.3. The zero-order chi connectivity index (χ0) is 13.1. The molecule has 0 aliphatic carbocycles. The molecule has 1 aromatic rings. The van der Waals surface area contributed by atoms with Crippen LogP contribution in [0, 0.1) is 10.1 Å². The van der Waals surface area contributed by atoms with E-state index in [2.05, 4.69) is 11.8 Å². The summed E-state index contributed by atoms with van der Waals surface area (Å²) >= 11 is 0. The number of hydrogen-bond donors (Lipinski definition) is 0. The van der Waals surface area contributed by atoms with Gasteiger partial charge in [0.1, 0.15) is 0 Å². The molecule has 0 bridgehead atoms. The largest absolute Gasteiger partial charge is 0.368 e. The van der Waals surface area contributed by atoms with Gasteiger partial charge in [0, 0.05) is 36.0 Å². The summed E-state index contributed by atoms with van der Waals surface area (Å²) < 4.78 is 0. The Hall–Kier alpha value is -1.91. The number of rotatable bonds is 4. The number of hydrogen-bond acceptors (Lipinski definition) is 4. The highest BCUT2D eigenvalue weighted by Crippen LogP contribution is 2.31. The number of benzene rings is 1. The molecule has 1 heterocycles. The lowest BCUT2D eigenvalue weighted by Gasteiger charge is -2.26. The molecule has 96 valence electrons. The Bertz CT molecular complexity index is 473. The molecule has 1 fully saturated rings. The molecule has 1 saturated heterocycles. The van der Waals surface area contributed by atoms with Crippen LogP contribution in [0.2, 0.25) is 0 Å². The molecule has 0 aromatic heterocycles. The maximum absolute atomic E-state index is 11.1. The van der Waals surface area contributed by atoms with E-state index in [1.165, 1.54) is 12.1 Å². The molecule has 0 N–H and O–H groups in total. The van der Waals surface area contributed by atoms with Gasteiger partial charge in [-0.2, -0.15) is 0 Å². The van der Waals surface area contributed by atoms with Gasteiger partial charge in [0.05, 0.1) is 4.92 Å². The standard InChI is InChI=1S/C13H16N2O3/c1-2-11-4-3-7-14(11)13-6-5-12(15(17)18)8-10(13)9-16/h5-6,8-9,11H,2-4,7H2,1H3. The molecule has 0 amide bonds. The van der Waals surface area contributed by atoms with Crippen LogP contribution in [-0.2, 0) is 0 Å². The van der Waals surface area contributed by atoms with Crippen molar-refractivity contribution in [2.45, 2.75) is 32.2 Å². The number of nitro benzene ring substituents is 1. The first-order chi connectivity index (χ1) is 8.67. The minimum absolute atomic E-state index is 0.0342. The Morgan fingerprint density at radius 1 is 1.56 bits per heavy atom. The van der Waals surface area contributed by atoms with Gasteiger partial charge in [-0.15, -0.1) is 0 Å². The summed E-state index contributed by atoms with van der Waals surface area (Å²) in [6.45, 7) is 3.03. The van der Waals surface area contributed by atoms with Crippen molar-refractivity contribution in [1.82, 2.24) is 0 Å². The molecule has 1 aliphatic rings. The molecule has 5 nitrogen and oxygen atoms in total. The van der Waals surface area contributed by atoms with Crippen molar-refractivity contribution in [1.29, 1.82) is 0 Å². The van der Waals surface area contributed by atoms with Gasteiger partial charge in [0.25, 0.3) is 5.69 Å². The van der Waals surface area contributed by atoms with Gasteiger partial charge < -0.3 is 4.90 Å². The fourth-order valence-electron chi connectivity index (χ4n) is 2.59. The number of carbonyl (C=O) groups excluding carboxylic acids is 1. The number of nitrogens with zero attached hydrogens (tertiary/aromatic N) is 2. The third-order valence-corrected chi connectivity index (χ3v) is 3.51.